The highest BCUT2D eigenvalue weighted by Gasteiger charge is 2.14. The molecule has 6 heteroatoms. The molecule has 1 aromatic heterocycles. The average molecular weight is 385 g/mol. The lowest BCUT2D eigenvalue weighted by molar-refractivity contribution is 0.0946. The topological polar surface area (TPSA) is 77.3 Å². The van der Waals surface area contributed by atoms with E-state index in [1.807, 2.05) is 66.7 Å². The van der Waals surface area contributed by atoms with Gasteiger partial charge >= 0.3 is 0 Å². The number of benzene rings is 3. The molecule has 4 aromatic rings. The Labute approximate surface area is 168 Å². The van der Waals surface area contributed by atoms with Gasteiger partial charge in [0.2, 0.25) is 11.7 Å². The van der Waals surface area contributed by atoms with Crippen molar-refractivity contribution < 1.29 is 14.1 Å². The molecule has 0 aliphatic rings. The third kappa shape index (κ3) is 4.16. The highest BCUT2D eigenvalue weighted by Crippen LogP contribution is 2.27. The SMILES string of the molecule is COc1ccccc1-c1noc(CNC(=O)c2ccc(-c3ccccc3)cc2)n1. The fourth-order valence-corrected chi connectivity index (χ4v) is 2.97. The first-order chi connectivity index (χ1) is 14.2. The zero-order valence-corrected chi connectivity index (χ0v) is 15.8. The molecule has 0 fully saturated rings. The van der Waals surface area contributed by atoms with Gasteiger partial charge in [0.25, 0.3) is 5.91 Å². The summed E-state index contributed by atoms with van der Waals surface area (Å²) in [6, 6.07) is 24.9. The number of ether oxygens (including phenoxy) is 1. The van der Waals surface area contributed by atoms with Crippen LogP contribution in [-0.2, 0) is 6.54 Å². The molecule has 0 aliphatic carbocycles. The lowest BCUT2D eigenvalue weighted by Crippen LogP contribution is -2.22. The van der Waals surface area contributed by atoms with Gasteiger partial charge in [0.05, 0.1) is 19.2 Å². The van der Waals surface area contributed by atoms with Crippen LogP contribution >= 0.6 is 0 Å². The quantitative estimate of drug-likeness (QED) is 0.534. The molecule has 1 amide bonds. The summed E-state index contributed by atoms with van der Waals surface area (Å²) in [6.07, 6.45) is 0. The number of nitrogens with one attached hydrogen (secondary N) is 1. The van der Waals surface area contributed by atoms with Crippen LogP contribution in [0.3, 0.4) is 0 Å². The van der Waals surface area contributed by atoms with Crippen LogP contribution in [0, 0.1) is 0 Å². The summed E-state index contributed by atoms with van der Waals surface area (Å²) in [6.45, 7) is 0.140. The molecule has 144 valence electrons. The Morgan fingerprint density at radius 2 is 1.62 bits per heavy atom. The van der Waals surface area contributed by atoms with Gasteiger partial charge in [0, 0.05) is 5.56 Å². The van der Waals surface area contributed by atoms with E-state index in [0.29, 0.717) is 23.0 Å². The van der Waals surface area contributed by atoms with Crippen LogP contribution in [0.2, 0.25) is 0 Å². The number of aromatic nitrogens is 2. The van der Waals surface area contributed by atoms with Gasteiger partial charge in [0.1, 0.15) is 5.75 Å². The highest BCUT2D eigenvalue weighted by molar-refractivity contribution is 5.94. The minimum Gasteiger partial charge on any atom is -0.496 e. The lowest BCUT2D eigenvalue weighted by Gasteiger charge is -2.05. The zero-order valence-electron chi connectivity index (χ0n) is 15.8. The first-order valence-corrected chi connectivity index (χ1v) is 9.14. The number of rotatable bonds is 6. The van der Waals surface area contributed by atoms with Crippen LogP contribution in [0.25, 0.3) is 22.5 Å². The number of methoxy groups -OCH3 is 1. The molecule has 0 aliphatic heterocycles. The van der Waals surface area contributed by atoms with Gasteiger partial charge in [-0.15, -0.1) is 0 Å². The van der Waals surface area contributed by atoms with Crippen LogP contribution in [0.4, 0.5) is 0 Å². The van der Waals surface area contributed by atoms with Crippen molar-refractivity contribution in [2.75, 3.05) is 7.11 Å². The van der Waals surface area contributed by atoms with E-state index < -0.39 is 0 Å². The molecule has 0 saturated carbocycles. The molecule has 1 N–H and O–H groups in total. The summed E-state index contributed by atoms with van der Waals surface area (Å²) in [4.78, 5) is 16.8. The molecule has 3 aromatic carbocycles. The van der Waals surface area contributed by atoms with E-state index >= 15 is 0 Å². The van der Waals surface area contributed by atoms with Gasteiger partial charge < -0.3 is 14.6 Å². The highest BCUT2D eigenvalue weighted by atomic mass is 16.5. The summed E-state index contributed by atoms with van der Waals surface area (Å²) in [5.41, 5.74) is 3.46. The van der Waals surface area contributed by atoms with E-state index in [1.54, 1.807) is 19.2 Å². The number of carbonyl (C=O) groups is 1. The summed E-state index contributed by atoms with van der Waals surface area (Å²) < 4.78 is 10.6. The van der Waals surface area contributed by atoms with Crippen molar-refractivity contribution >= 4 is 5.91 Å². The Balaban J connectivity index is 1.41. The standard InChI is InChI=1S/C23H19N3O3/c1-28-20-10-6-5-9-19(20)22-25-21(29-26-22)15-24-23(27)18-13-11-17(12-14-18)16-7-3-2-4-8-16/h2-14H,15H2,1H3,(H,24,27). The van der Waals surface area contributed by atoms with E-state index in [2.05, 4.69) is 15.5 Å². The largest absolute Gasteiger partial charge is 0.496 e. The number of hydrogen-bond acceptors (Lipinski definition) is 5. The number of hydrogen-bond donors (Lipinski definition) is 1. The van der Waals surface area contributed by atoms with Gasteiger partial charge in [0.15, 0.2) is 0 Å². The van der Waals surface area contributed by atoms with Crippen molar-refractivity contribution in [3.05, 3.63) is 90.3 Å². The van der Waals surface area contributed by atoms with Gasteiger partial charge in [-0.05, 0) is 35.4 Å². The predicted octanol–water partition coefficient (Wildman–Crippen LogP) is 4.34. The Hall–Kier alpha value is -3.93. The molecule has 4 rings (SSSR count). The van der Waals surface area contributed by atoms with E-state index in [-0.39, 0.29) is 12.5 Å². The van der Waals surface area contributed by atoms with Gasteiger partial charge in [-0.25, -0.2) is 0 Å². The van der Waals surface area contributed by atoms with E-state index in [1.165, 1.54) is 0 Å². The maximum absolute atomic E-state index is 12.4. The van der Waals surface area contributed by atoms with Gasteiger partial charge in [-0.1, -0.05) is 59.8 Å². The maximum Gasteiger partial charge on any atom is 0.251 e. The third-order valence-corrected chi connectivity index (χ3v) is 4.47. The first kappa shape index (κ1) is 18.4. The lowest BCUT2D eigenvalue weighted by atomic mass is 10.0. The monoisotopic (exact) mass is 385 g/mol. The second-order valence-electron chi connectivity index (χ2n) is 6.34. The number of carbonyl (C=O) groups excluding carboxylic acids is 1. The van der Waals surface area contributed by atoms with Gasteiger partial charge in [-0.3, -0.25) is 4.79 Å². The van der Waals surface area contributed by atoms with Crippen molar-refractivity contribution in [3.8, 4) is 28.3 Å². The van der Waals surface area contributed by atoms with Crippen molar-refractivity contribution in [2.45, 2.75) is 6.54 Å². The normalized spacial score (nSPS) is 10.5. The summed E-state index contributed by atoms with van der Waals surface area (Å²) in [5, 5.41) is 6.77. The van der Waals surface area contributed by atoms with Crippen LogP contribution in [0.5, 0.6) is 5.75 Å². The number of para-hydroxylation sites is 1. The molecule has 0 radical (unpaired) electrons. The van der Waals surface area contributed by atoms with Crippen molar-refractivity contribution in [1.82, 2.24) is 15.5 Å². The Morgan fingerprint density at radius 1 is 0.931 bits per heavy atom. The minimum atomic E-state index is -0.207. The summed E-state index contributed by atoms with van der Waals surface area (Å²) >= 11 is 0. The molecular weight excluding hydrogens is 366 g/mol. The van der Waals surface area contributed by atoms with E-state index in [9.17, 15) is 4.79 Å². The zero-order chi connectivity index (χ0) is 20.1. The van der Waals surface area contributed by atoms with Crippen LogP contribution in [0.15, 0.2) is 83.4 Å². The van der Waals surface area contributed by atoms with Gasteiger partial charge in [-0.2, -0.15) is 4.98 Å². The maximum atomic E-state index is 12.4. The van der Waals surface area contributed by atoms with E-state index in [0.717, 1.165) is 16.7 Å². The molecule has 29 heavy (non-hydrogen) atoms. The Morgan fingerprint density at radius 3 is 2.38 bits per heavy atom. The predicted molar refractivity (Wildman–Crippen MR) is 109 cm³/mol. The fourth-order valence-electron chi connectivity index (χ4n) is 2.97. The third-order valence-electron chi connectivity index (χ3n) is 4.47. The van der Waals surface area contributed by atoms with Crippen molar-refractivity contribution in [3.63, 3.8) is 0 Å². The molecule has 0 saturated heterocycles. The molecule has 0 atom stereocenters. The second-order valence-corrected chi connectivity index (χ2v) is 6.34. The fraction of sp³-hybridized carbons (Fsp3) is 0.0870. The van der Waals surface area contributed by atoms with Crippen molar-refractivity contribution in [2.24, 2.45) is 0 Å². The van der Waals surface area contributed by atoms with Crippen LogP contribution in [-0.4, -0.2) is 23.2 Å². The molecule has 1 heterocycles. The van der Waals surface area contributed by atoms with Crippen LogP contribution < -0.4 is 10.1 Å². The number of amides is 1. The summed E-state index contributed by atoms with van der Waals surface area (Å²) in [5.74, 6) is 1.18. The molecule has 0 bridgehead atoms. The average Bonchev–Trinajstić information content (AvgIpc) is 3.27. The van der Waals surface area contributed by atoms with Crippen molar-refractivity contribution in [1.29, 1.82) is 0 Å². The van der Waals surface area contributed by atoms with E-state index in [4.69, 9.17) is 9.26 Å². The van der Waals surface area contributed by atoms with Crippen LogP contribution in [0.1, 0.15) is 16.2 Å². The number of nitrogens with zero attached hydrogens (tertiary/aromatic N) is 2. The molecule has 6 nitrogen and oxygen atoms in total. The second kappa shape index (κ2) is 8.39. The molecule has 0 spiro atoms. The first-order valence-electron chi connectivity index (χ1n) is 9.14. The smallest absolute Gasteiger partial charge is 0.251 e. The summed E-state index contributed by atoms with van der Waals surface area (Å²) in [7, 11) is 1.59. The Bertz CT molecular complexity index is 1110. The molecule has 0 unspecified atom stereocenters. The molecular formula is C23H19N3O3. The minimum absolute atomic E-state index is 0.140. The Kier molecular flexibility index (Phi) is 5.33.